The molecule has 70 valence electrons. The average Bonchev–Trinajstić information content (AvgIpc) is 2.13. The number of hydrogen-bond acceptors (Lipinski definition) is 3. The molecule has 5 heteroatoms. The molecule has 1 rings (SSSR count). The second-order valence-electron chi connectivity index (χ2n) is 2.44. The van der Waals surface area contributed by atoms with Gasteiger partial charge in [-0.15, -0.1) is 0 Å². The van der Waals surface area contributed by atoms with Crippen LogP contribution < -0.4 is 0 Å². The van der Waals surface area contributed by atoms with Crippen LogP contribution in [0.3, 0.4) is 0 Å². The number of ketones is 2. The molecule has 0 radical (unpaired) electrons. The van der Waals surface area contributed by atoms with Crippen molar-refractivity contribution in [2.75, 3.05) is 7.11 Å². The number of hydrogen-bond donors (Lipinski definition) is 0. The number of carbonyl (C=O) groups excluding carboxylic acids is 2. The molecule has 0 fully saturated rings. The minimum Gasteiger partial charge on any atom is -0.491 e. The van der Waals surface area contributed by atoms with E-state index in [0.29, 0.717) is 5.57 Å². The maximum atomic E-state index is 11.5. The molecule has 0 bridgehead atoms. The molecule has 0 spiro atoms. The van der Waals surface area contributed by atoms with E-state index in [9.17, 15) is 9.59 Å². The normalized spacial score (nSPS) is 18.5. The van der Waals surface area contributed by atoms with Gasteiger partial charge in [0.2, 0.25) is 11.6 Å². The fraction of sp³-hybridized carbons (Fsp3) is 0.250. The van der Waals surface area contributed by atoms with Crippen LogP contribution >= 0.6 is 31.9 Å². The molecule has 0 N–H and O–H groups in total. The number of allylic oxidation sites excluding steroid dienone is 3. The summed E-state index contributed by atoms with van der Waals surface area (Å²) in [5.41, 5.74) is 0.387. The number of rotatable bonds is 1. The third-order valence-electron chi connectivity index (χ3n) is 1.68. The van der Waals surface area contributed by atoms with Gasteiger partial charge in [-0.2, -0.15) is 0 Å². The van der Waals surface area contributed by atoms with Crippen molar-refractivity contribution < 1.29 is 14.3 Å². The van der Waals surface area contributed by atoms with Crippen LogP contribution in [0.15, 0.2) is 20.3 Å². The third-order valence-corrected chi connectivity index (χ3v) is 3.35. The van der Waals surface area contributed by atoms with Crippen molar-refractivity contribution in [3.8, 4) is 0 Å². The van der Waals surface area contributed by atoms with E-state index in [1.807, 2.05) is 0 Å². The first-order chi connectivity index (χ1) is 6.00. The molecule has 0 atom stereocenters. The van der Waals surface area contributed by atoms with Gasteiger partial charge in [-0.1, -0.05) is 0 Å². The Hall–Kier alpha value is -0.420. The zero-order valence-electron chi connectivity index (χ0n) is 6.98. The van der Waals surface area contributed by atoms with Crippen LogP contribution in [-0.2, 0) is 14.3 Å². The summed E-state index contributed by atoms with van der Waals surface area (Å²) in [6.45, 7) is 1.58. The fourth-order valence-corrected chi connectivity index (χ4v) is 1.92. The Balaban J connectivity index is 3.29. The zero-order valence-corrected chi connectivity index (χ0v) is 10.2. The molecular formula is C8H6Br2O3. The molecule has 13 heavy (non-hydrogen) atoms. The highest BCUT2D eigenvalue weighted by atomic mass is 79.9. The van der Waals surface area contributed by atoms with Crippen molar-refractivity contribution in [2.24, 2.45) is 0 Å². The summed E-state index contributed by atoms with van der Waals surface area (Å²) in [4.78, 5) is 22.9. The van der Waals surface area contributed by atoms with Gasteiger partial charge in [-0.3, -0.25) is 9.59 Å². The SMILES string of the molecule is COC1=C(Br)C(=O)C(C)=C(Br)C1=O. The van der Waals surface area contributed by atoms with E-state index in [-0.39, 0.29) is 26.3 Å². The third kappa shape index (κ3) is 1.62. The Bertz CT molecular complexity index is 352. The standard InChI is InChI=1S/C8H6Br2O3/c1-3-4(9)7(12)8(13-2)5(10)6(3)11/h1-2H3. The molecule has 0 aromatic heterocycles. The van der Waals surface area contributed by atoms with Crippen molar-refractivity contribution in [1.29, 1.82) is 0 Å². The summed E-state index contributed by atoms with van der Waals surface area (Å²) in [5.74, 6) is -0.503. The van der Waals surface area contributed by atoms with Gasteiger partial charge in [-0.25, -0.2) is 0 Å². The summed E-state index contributed by atoms with van der Waals surface area (Å²) < 4.78 is 5.25. The fourth-order valence-electron chi connectivity index (χ4n) is 0.919. The lowest BCUT2D eigenvalue weighted by Crippen LogP contribution is -2.19. The predicted molar refractivity (Wildman–Crippen MR) is 54.6 cm³/mol. The molecule has 1 aliphatic carbocycles. The molecule has 0 unspecified atom stereocenters. The first-order valence-electron chi connectivity index (χ1n) is 3.40. The van der Waals surface area contributed by atoms with E-state index in [1.165, 1.54) is 7.11 Å². The summed E-state index contributed by atoms with van der Waals surface area (Å²) in [5, 5.41) is 0. The molecule has 0 amide bonds. The van der Waals surface area contributed by atoms with Gasteiger partial charge in [-0.05, 0) is 38.8 Å². The second kappa shape index (κ2) is 3.75. The average molecular weight is 310 g/mol. The second-order valence-corrected chi connectivity index (χ2v) is 4.03. The van der Waals surface area contributed by atoms with Gasteiger partial charge in [0.05, 0.1) is 11.6 Å². The van der Waals surface area contributed by atoms with Gasteiger partial charge < -0.3 is 4.74 Å². The predicted octanol–water partition coefficient (Wildman–Crippen LogP) is 2.06. The van der Waals surface area contributed by atoms with Gasteiger partial charge in [0.15, 0.2) is 5.76 Å². The molecule has 0 heterocycles. The van der Waals surface area contributed by atoms with Crippen molar-refractivity contribution in [3.05, 3.63) is 20.3 Å². The van der Waals surface area contributed by atoms with Crippen LogP contribution in [0, 0.1) is 0 Å². The molecule has 0 aromatic rings. The Morgan fingerprint density at radius 3 is 2.08 bits per heavy atom. The van der Waals surface area contributed by atoms with E-state index in [2.05, 4.69) is 31.9 Å². The Morgan fingerprint density at radius 1 is 1.08 bits per heavy atom. The lowest BCUT2D eigenvalue weighted by atomic mass is 10.0. The highest BCUT2D eigenvalue weighted by Gasteiger charge is 2.30. The number of halogens is 2. The monoisotopic (exact) mass is 308 g/mol. The van der Waals surface area contributed by atoms with E-state index >= 15 is 0 Å². The molecule has 3 nitrogen and oxygen atoms in total. The van der Waals surface area contributed by atoms with Gasteiger partial charge in [0, 0.05) is 5.57 Å². The molecule has 0 aromatic carbocycles. The van der Waals surface area contributed by atoms with Crippen LogP contribution in [0.1, 0.15) is 6.92 Å². The largest absolute Gasteiger partial charge is 0.491 e. The van der Waals surface area contributed by atoms with Crippen LogP contribution in [0.5, 0.6) is 0 Å². The highest BCUT2D eigenvalue weighted by Crippen LogP contribution is 2.31. The summed E-state index contributed by atoms with van der Waals surface area (Å²) in [6, 6.07) is 0. The van der Waals surface area contributed by atoms with Gasteiger partial charge in [0.25, 0.3) is 0 Å². The smallest absolute Gasteiger partial charge is 0.236 e. The van der Waals surface area contributed by atoms with Crippen LogP contribution in [0.25, 0.3) is 0 Å². The summed E-state index contributed by atoms with van der Waals surface area (Å²) in [6.07, 6.45) is 0. The Labute approximate surface area is 92.1 Å². The lowest BCUT2D eigenvalue weighted by molar-refractivity contribution is -0.117. The number of carbonyl (C=O) groups is 2. The van der Waals surface area contributed by atoms with Crippen LogP contribution in [0.2, 0.25) is 0 Å². The first kappa shape index (κ1) is 10.7. The number of methoxy groups -OCH3 is 1. The van der Waals surface area contributed by atoms with Crippen molar-refractivity contribution in [2.45, 2.75) is 6.92 Å². The minimum absolute atomic E-state index is 0.0440. The van der Waals surface area contributed by atoms with Crippen molar-refractivity contribution in [1.82, 2.24) is 0 Å². The quantitative estimate of drug-likeness (QED) is 0.696. The van der Waals surface area contributed by atoms with Crippen LogP contribution in [0.4, 0.5) is 0 Å². The summed E-state index contributed by atoms with van der Waals surface area (Å²) >= 11 is 6.06. The van der Waals surface area contributed by atoms with E-state index in [0.717, 1.165) is 0 Å². The van der Waals surface area contributed by atoms with E-state index in [4.69, 9.17) is 4.74 Å². The summed E-state index contributed by atoms with van der Waals surface area (Å²) in [7, 11) is 1.35. The number of Topliss-reactive ketones (excluding diaryl/α,β-unsaturated/α-hetero) is 2. The maximum Gasteiger partial charge on any atom is 0.236 e. The molecule has 1 aliphatic rings. The maximum absolute atomic E-state index is 11.5. The molecule has 0 saturated heterocycles. The lowest BCUT2D eigenvalue weighted by Gasteiger charge is -2.14. The minimum atomic E-state index is -0.313. The first-order valence-corrected chi connectivity index (χ1v) is 4.98. The molecule has 0 aliphatic heterocycles. The van der Waals surface area contributed by atoms with E-state index in [1.54, 1.807) is 6.92 Å². The van der Waals surface area contributed by atoms with Gasteiger partial charge >= 0.3 is 0 Å². The number of ether oxygens (including phenoxy) is 1. The zero-order chi connectivity index (χ0) is 10.2. The Morgan fingerprint density at radius 2 is 1.62 bits per heavy atom. The van der Waals surface area contributed by atoms with E-state index < -0.39 is 0 Å². The van der Waals surface area contributed by atoms with Gasteiger partial charge in [0.1, 0.15) is 4.48 Å². The molecular weight excluding hydrogens is 304 g/mol. The van der Waals surface area contributed by atoms with Crippen molar-refractivity contribution in [3.63, 3.8) is 0 Å². The van der Waals surface area contributed by atoms with Crippen LogP contribution in [-0.4, -0.2) is 18.7 Å². The topological polar surface area (TPSA) is 43.4 Å². The highest BCUT2D eigenvalue weighted by molar-refractivity contribution is 9.12. The van der Waals surface area contributed by atoms with Crippen molar-refractivity contribution >= 4 is 43.4 Å². The molecule has 0 saturated carbocycles. The Kier molecular flexibility index (Phi) is 3.08.